The Labute approximate surface area is 143 Å². The first-order chi connectivity index (χ1) is 11.5. The van der Waals surface area contributed by atoms with E-state index in [1.165, 1.54) is 23.9 Å². The molecule has 1 aromatic carbocycles. The molecule has 2 aliphatic rings. The van der Waals surface area contributed by atoms with Crippen LogP contribution in [0.5, 0.6) is 5.75 Å². The monoisotopic (exact) mass is 353 g/mol. The van der Waals surface area contributed by atoms with Crippen LogP contribution in [0.25, 0.3) is 6.08 Å². The maximum atomic E-state index is 12.1. The number of alkyl halides is 2. The van der Waals surface area contributed by atoms with Gasteiger partial charge in [0, 0.05) is 26.2 Å². The number of rotatable bonds is 3. The summed E-state index contributed by atoms with van der Waals surface area (Å²) in [5.74, 6) is -0.172. The van der Waals surface area contributed by atoms with Gasteiger partial charge >= 0.3 is 6.61 Å². The Morgan fingerprint density at radius 1 is 1.21 bits per heavy atom. The van der Waals surface area contributed by atoms with Crippen LogP contribution in [0.4, 0.5) is 8.78 Å². The van der Waals surface area contributed by atoms with Crippen molar-refractivity contribution in [2.45, 2.75) is 6.61 Å². The zero-order valence-electron chi connectivity index (χ0n) is 13.1. The van der Waals surface area contributed by atoms with Crippen molar-refractivity contribution in [3.8, 4) is 5.75 Å². The molecule has 24 heavy (non-hydrogen) atoms. The van der Waals surface area contributed by atoms with Gasteiger partial charge in [-0.15, -0.1) is 0 Å². The highest BCUT2D eigenvalue weighted by molar-refractivity contribution is 8.18. The van der Waals surface area contributed by atoms with Crippen molar-refractivity contribution in [1.82, 2.24) is 9.80 Å². The third-order valence-electron chi connectivity index (χ3n) is 3.79. The molecule has 0 bridgehead atoms. The van der Waals surface area contributed by atoms with E-state index in [-0.39, 0.29) is 11.7 Å². The Morgan fingerprint density at radius 2 is 1.88 bits per heavy atom. The lowest BCUT2D eigenvalue weighted by Gasteiger charge is -2.32. The molecule has 0 radical (unpaired) electrons. The first kappa shape index (κ1) is 16.9. The Hall–Kier alpha value is -1.93. The number of halogens is 2. The fourth-order valence-electron chi connectivity index (χ4n) is 2.43. The van der Waals surface area contributed by atoms with Gasteiger partial charge < -0.3 is 14.5 Å². The molecule has 1 fully saturated rings. The highest BCUT2D eigenvalue weighted by atomic mass is 32.2. The summed E-state index contributed by atoms with van der Waals surface area (Å²) >= 11 is 1.35. The molecule has 2 heterocycles. The fraction of sp³-hybridized carbons (Fsp3) is 0.375. The van der Waals surface area contributed by atoms with E-state index in [4.69, 9.17) is 0 Å². The molecule has 1 saturated heterocycles. The zero-order valence-corrected chi connectivity index (χ0v) is 13.9. The van der Waals surface area contributed by atoms with Crippen LogP contribution in [0.15, 0.2) is 34.2 Å². The maximum Gasteiger partial charge on any atom is 0.387 e. The fourth-order valence-corrected chi connectivity index (χ4v) is 3.39. The summed E-state index contributed by atoms with van der Waals surface area (Å²) in [6.45, 7) is 0.739. The van der Waals surface area contributed by atoms with Crippen LogP contribution < -0.4 is 4.74 Å². The number of ether oxygens (including phenoxy) is 1. The number of amidine groups is 1. The van der Waals surface area contributed by atoms with Crippen molar-refractivity contribution in [2.24, 2.45) is 4.99 Å². The molecule has 0 aliphatic carbocycles. The van der Waals surface area contributed by atoms with Gasteiger partial charge in [0.1, 0.15) is 5.75 Å². The van der Waals surface area contributed by atoms with Gasteiger partial charge in [0.2, 0.25) is 0 Å². The molecule has 8 heteroatoms. The molecule has 0 atom stereocenters. The van der Waals surface area contributed by atoms with Crippen molar-refractivity contribution < 1.29 is 18.3 Å². The molecule has 0 saturated carbocycles. The molecule has 0 N–H and O–H groups in total. The van der Waals surface area contributed by atoms with Crippen LogP contribution in [-0.2, 0) is 4.79 Å². The number of carbonyl (C=O) groups is 1. The van der Waals surface area contributed by atoms with Gasteiger partial charge in [-0.2, -0.15) is 13.8 Å². The van der Waals surface area contributed by atoms with E-state index in [1.54, 1.807) is 18.2 Å². The topological polar surface area (TPSA) is 45.1 Å². The molecule has 1 amide bonds. The molecule has 0 aromatic heterocycles. The Bertz CT molecular complexity index is 668. The number of nitrogens with zero attached hydrogens (tertiary/aromatic N) is 3. The standard InChI is InChI=1S/C16H17F2N3O2S/c1-20-6-8-21(9-7-20)16-19-14(22)13(24-16)10-11-2-4-12(5-3-11)23-15(17)18/h2-5,10,15H,6-9H2,1H3/b13-10+. The van der Waals surface area contributed by atoms with Crippen LogP contribution in [0.3, 0.4) is 0 Å². The summed E-state index contributed by atoms with van der Waals surface area (Å²) in [5, 5.41) is 0.733. The quantitative estimate of drug-likeness (QED) is 0.782. The van der Waals surface area contributed by atoms with Gasteiger partial charge in [-0.3, -0.25) is 4.79 Å². The van der Waals surface area contributed by atoms with Crippen molar-refractivity contribution in [3.05, 3.63) is 34.7 Å². The number of likely N-dealkylation sites (N-methyl/N-ethyl adjacent to an activating group) is 1. The minimum atomic E-state index is -2.85. The lowest BCUT2D eigenvalue weighted by molar-refractivity contribution is -0.113. The first-order valence-electron chi connectivity index (χ1n) is 7.52. The number of amides is 1. The number of thioether (sulfide) groups is 1. The summed E-state index contributed by atoms with van der Waals surface area (Å²) in [6, 6.07) is 6.16. The SMILES string of the molecule is CN1CCN(C2=NC(=O)/C(=C\c3ccc(OC(F)F)cc3)S2)CC1. The average Bonchev–Trinajstić information content (AvgIpc) is 2.90. The number of piperazine rings is 1. The van der Waals surface area contributed by atoms with Crippen LogP contribution in [0, 0.1) is 0 Å². The summed E-state index contributed by atoms with van der Waals surface area (Å²) in [6.07, 6.45) is 1.71. The minimum absolute atomic E-state index is 0.0897. The average molecular weight is 353 g/mol. The van der Waals surface area contributed by atoms with Crippen LogP contribution in [-0.4, -0.2) is 60.7 Å². The minimum Gasteiger partial charge on any atom is -0.435 e. The lowest BCUT2D eigenvalue weighted by atomic mass is 10.2. The van der Waals surface area contributed by atoms with E-state index in [0.29, 0.717) is 4.91 Å². The predicted molar refractivity (Wildman–Crippen MR) is 90.2 cm³/mol. The molecule has 3 rings (SSSR count). The molecule has 0 unspecified atom stereocenters. The van der Waals surface area contributed by atoms with Crippen LogP contribution in [0.2, 0.25) is 0 Å². The van der Waals surface area contributed by atoms with Gasteiger partial charge in [-0.05, 0) is 42.6 Å². The molecular weight excluding hydrogens is 336 g/mol. The van der Waals surface area contributed by atoms with Crippen molar-refractivity contribution >= 4 is 28.9 Å². The maximum absolute atomic E-state index is 12.1. The van der Waals surface area contributed by atoms with Gasteiger partial charge in [0.25, 0.3) is 5.91 Å². The number of hydrogen-bond donors (Lipinski definition) is 0. The summed E-state index contributed by atoms with van der Waals surface area (Å²) in [7, 11) is 2.07. The number of hydrogen-bond acceptors (Lipinski definition) is 5. The Kier molecular flexibility index (Phi) is 5.15. The normalized spacial score (nSPS) is 20.8. The molecule has 5 nitrogen and oxygen atoms in total. The van der Waals surface area contributed by atoms with E-state index >= 15 is 0 Å². The number of aliphatic imine (C=N–C) groups is 1. The van der Waals surface area contributed by atoms with Crippen LogP contribution in [0.1, 0.15) is 5.56 Å². The number of carbonyl (C=O) groups excluding carboxylic acids is 1. The first-order valence-corrected chi connectivity index (χ1v) is 8.34. The third kappa shape index (κ3) is 4.12. The van der Waals surface area contributed by atoms with Gasteiger partial charge in [0.15, 0.2) is 5.17 Å². The molecule has 2 aliphatic heterocycles. The van der Waals surface area contributed by atoms with E-state index in [0.717, 1.165) is 36.9 Å². The molecule has 1 aromatic rings. The second-order valence-corrected chi connectivity index (χ2v) is 6.56. The van der Waals surface area contributed by atoms with E-state index in [2.05, 4.69) is 26.6 Å². The van der Waals surface area contributed by atoms with E-state index in [1.807, 2.05) is 0 Å². The number of benzene rings is 1. The molecule has 128 valence electrons. The Balaban J connectivity index is 1.65. The molecule has 0 spiro atoms. The second kappa shape index (κ2) is 7.31. The van der Waals surface area contributed by atoms with E-state index < -0.39 is 6.61 Å². The van der Waals surface area contributed by atoms with Gasteiger partial charge in [0.05, 0.1) is 4.91 Å². The summed E-state index contributed by atoms with van der Waals surface area (Å²) in [4.78, 5) is 21.1. The highest BCUT2D eigenvalue weighted by Crippen LogP contribution is 2.31. The van der Waals surface area contributed by atoms with Crippen LogP contribution >= 0.6 is 11.8 Å². The Morgan fingerprint density at radius 3 is 2.50 bits per heavy atom. The third-order valence-corrected chi connectivity index (χ3v) is 4.83. The smallest absolute Gasteiger partial charge is 0.387 e. The van der Waals surface area contributed by atoms with Gasteiger partial charge in [-0.25, -0.2) is 0 Å². The predicted octanol–water partition coefficient (Wildman–Crippen LogP) is 2.51. The highest BCUT2D eigenvalue weighted by Gasteiger charge is 2.27. The van der Waals surface area contributed by atoms with Crippen molar-refractivity contribution in [2.75, 3.05) is 33.2 Å². The summed E-state index contributed by atoms with van der Waals surface area (Å²) in [5.41, 5.74) is 0.738. The largest absolute Gasteiger partial charge is 0.435 e. The zero-order chi connectivity index (χ0) is 17.1. The van der Waals surface area contributed by atoms with E-state index in [9.17, 15) is 13.6 Å². The van der Waals surface area contributed by atoms with Crippen molar-refractivity contribution in [1.29, 1.82) is 0 Å². The van der Waals surface area contributed by atoms with Crippen molar-refractivity contribution in [3.63, 3.8) is 0 Å². The summed E-state index contributed by atoms with van der Waals surface area (Å²) < 4.78 is 28.6. The second-order valence-electron chi connectivity index (χ2n) is 5.55. The van der Waals surface area contributed by atoms with Gasteiger partial charge in [-0.1, -0.05) is 12.1 Å². The molecular formula is C16H17F2N3O2S. The lowest BCUT2D eigenvalue weighted by Crippen LogP contribution is -2.46.